The Morgan fingerprint density at radius 2 is 0.495 bits per heavy atom. The van der Waals surface area contributed by atoms with E-state index in [1.807, 2.05) is 12.1 Å². The van der Waals surface area contributed by atoms with E-state index in [0.29, 0.717) is 0 Å². The van der Waals surface area contributed by atoms with Crippen molar-refractivity contribution in [2.75, 3.05) is 0 Å². The molecule has 0 amide bonds. The molecule has 1 fully saturated rings. The van der Waals surface area contributed by atoms with Gasteiger partial charge in [-0.1, -0.05) is 317 Å². The van der Waals surface area contributed by atoms with Crippen LogP contribution in [-0.2, 0) is 31.0 Å². The molecule has 107 heavy (non-hydrogen) atoms. The van der Waals surface area contributed by atoms with Gasteiger partial charge in [0.2, 0.25) is 0 Å². The molecule has 0 bridgehead atoms. The third-order valence-corrected chi connectivity index (χ3v) is 25.8. The molecular formula is C103H88BClO2. The van der Waals surface area contributed by atoms with Crippen molar-refractivity contribution in [1.29, 1.82) is 0 Å². The Hall–Kier alpha value is -10.6. The molecule has 16 aromatic rings. The molecule has 1 heterocycles. The fourth-order valence-electron chi connectivity index (χ4n) is 18.7. The van der Waals surface area contributed by atoms with Crippen LogP contribution in [0.4, 0.5) is 0 Å². The number of halogens is 1. The van der Waals surface area contributed by atoms with Gasteiger partial charge in [-0.3, -0.25) is 0 Å². The van der Waals surface area contributed by atoms with Crippen molar-refractivity contribution < 1.29 is 9.31 Å². The molecule has 0 spiro atoms. The molecular weight excluding hydrogens is 1320 g/mol. The highest BCUT2D eigenvalue weighted by molar-refractivity contribution is 6.62. The SMILES string of the molecule is C.CC1(C)c2ccccc2-c2ccc(-c3ccc4c(c3)C(C)(C)c3cc(-c5ccc6ccc7c8ccccc8ccc7c6c5)ccc3-4)cc21.CC1(C)c2ccccc2-c2ccc(-c3ccc4c(c3)C(C)(C)c3cc(B5OC(C)(C)C(C)(C)O5)ccc3-4)cc21.Clc1ccc2ccc3c4ccccc4ccc3c2c1. The van der Waals surface area contributed by atoms with Gasteiger partial charge in [0.1, 0.15) is 0 Å². The largest absolute Gasteiger partial charge is 0.494 e. The minimum atomic E-state index is -0.353. The Balaban J connectivity index is 0.000000123. The monoisotopic (exact) mass is 1400 g/mol. The van der Waals surface area contributed by atoms with Crippen molar-refractivity contribution in [3.05, 3.63) is 341 Å². The normalized spacial score (nSPS) is 16.2. The van der Waals surface area contributed by atoms with Crippen molar-refractivity contribution in [3.8, 4) is 77.9 Å². The van der Waals surface area contributed by atoms with Crippen LogP contribution in [0.2, 0.25) is 5.02 Å². The summed E-state index contributed by atoms with van der Waals surface area (Å²) in [5, 5.41) is 16.2. The van der Waals surface area contributed by atoms with Gasteiger partial charge in [0.15, 0.2) is 0 Å². The van der Waals surface area contributed by atoms with Gasteiger partial charge in [-0.15, -0.1) is 0 Å². The molecule has 4 aliphatic carbocycles. The first-order valence-corrected chi connectivity index (χ1v) is 38.1. The van der Waals surface area contributed by atoms with E-state index in [1.165, 1.54) is 187 Å². The van der Waals surface area contributed by atoms with E-state index >= 15 is 0 Å². The summed E-state index contributed by atoms with van der Waals surface area (Å²) in [6.45, 7) is 27.4. The molecule has 4 heteroatoms. The summed E-state index contributed by atoms with van der Waals surface area (Å²) in [5.74, 6) is 0. The average Bonchev–Trinajstić information content (AvgIpc) is 1.59. The van der Waals surface area contributed by atoms with Crippen LogP contribution in [0.1, 0.15) is 135 Å². The summed E-state index contributed by atoms with van der Waals surface area (Å²) in [6, 6.07) is 108. The Labute approximate surface area is 635 Å². The van der Waals surface area contributed by atoms with Crippen LogP contribution < -0.4 is 5.46 Å². The van der Waals surface area contributed by atoms with Crippen molar-refractivity contribution in [1.82, 2.24) is 0 Å². The van der Waals surface area contributed by atoms with Crippen LogP contribution in [0.15, 0.2) is 291 Å². The topological polar surface area (TPSA) is 18.5 Å². The van der Waals surface area contributed by atoms with E-state index in [1.54, 1.807) is 0 Å². The van der Waals surface area contributed by atoms with E-state index in [4.69, 9.17) is 20.9 Å². The van der Waals surface area contributed by atoms with Gasteiger partial charge in [-0.05, 0) is 269 Å². The molecule has 522 valence electrons. The second kappa shape index (κ2) is 24.4. The molecule has 0 saturated carbocycles. The summed E-state index contributed by atoms with van der Waals surface area (Å²) < 4.78 is 12.8. The molecule has 1 aliphatic heterocycles. The Kier molecular flexibility index (Phi) is 15.6. The average molecular weight is 1400 g/mol. The van der Waals surface area contributed by atoms with Gasteiger partial charge in [-0.2, -0.15) is 0 Å². The number of fused-ring (bicyclic) bond motifs is 22. The highest BCUT2D eigenvalue weighted by atomic mass is 35.5. The number of benzene rings is 16. The van der Waals surface area contributed by atoms with Crippen LogP contribution in [0.3, 0.4) is 0 Å². The standard InChI is InChI=1S/C48H36.C36H37BO2.C18H11Cl.CH4/c1-47(2)43-12-8-7-11-38(43)39-22-18-33(27-44(39)47)34-19-24-41-40-23-17-32(26-45(40)48(3,4)46(41)28-34)31-14-13-30-16-20-36-35-10-6-5-9-29(35)15-21-37(36)42(30)25-31;1-33(2)29-12-10-9-11-25(29)26-16-13-22(19-30(26)33)23-14-17-27-28-18-15-24(21-32(28)34(3,4)31(27)20-23)37-38-35(5,6)36(7,8)39-37;19-14-8-5-13-7-9-16-15-4-2-1-3-12(15)6-10-17(16)18(13)11-14;/h5-28H,1-4H3;9-21H,1-8H3;1-11H;1H4. The van der Waals surface area contributed by atoms with Gasteiger partial charge in [0.05, 0.1) is 11.2 Å². The lowest BCUT2D eigenvalue weighted by atomic mass is 9.74. The van der Waals surface area contributed by atoms with Gasteiger partial charge in [-0.25, -0.2) is 0 Å². The zero-order chi connectivity index (χ0) is 72.7. The fourth-order valence-corrected chi connectivity index (χ4v) is 18.9. The van der Waals surface area contributed by atoms with Gasteiger partial charge < -0.3 is 9.31 Å². The van der Waals surface area contributed by atoms with Crippen LogP contribution >= 0.6 is 11.6 Å². The summed E-state index contributed by atoms with van der Waals surface area (Å²) in [4.78, 5) is 0. The van der Waals surface area contributed by atoms with Crippen molar-refractivity contribution in [2.45, 2.75) is 123 Å². The first-order chi connectivity index (χ1) is 50.9. The summed E-state index contributed by atoms with van der Waals surface area (Å²) in [5.41, 5.74) is 29.9. The molecule has 2 nitrogen and oxygen atoms in total. The summed E-state index contributed by atoms with van der Waals surface area (Å²) in [7, 11) is -0.353. The molecule has 0 atom stereocenters. The third-order valence-electron chi connectivity index (χ3n) is 25.5. The van der Waals surface area contributed by atoms with Crippen LogP contribution in [-0.4, -0.2) is 18.3 Å². The predicted octanol–water partition coefficient (Wildman–Crippen LogP) is 27.8. The maximum absolute atomic E-state index is 6.39. The van der Waals surface area contributed by atoms with E-state index in [0.717, 1.165) is 10.5 Å². The molecule has 16 aromatic carbocycles. The van der Waals surface area contributed by atoms with E-state index < -0.39 is 0 Å². The lowest BCUT2D eigenvalue weighted by Crippen LogP contribution is -2.41. The summed E-state index contributed by atoms with van der Waals surface area (Å²) >= 11 is 6.14. The van der Waals surface area contributed by atoms with E-state index in [2.05, 4.69) is 362 Å². The van der Waals surface area contributed by atoms with E-state index in [9.17, 15) is 0 Å². The Morgan fingerprint density at radius 3 is 0.897 bits per heavy atom. The minimum absolute atomic E-state index is 0. The minimum Gasteiger partial charge on any atom is -0.399 e. The fraction of sp³-hybridized carbons (Fsp3) is 0.184. The second-order valence-electron chi connectivity index (χ2n) is 33.5. The van der Waals surface area contributed by atoms with Crippen LogP contribution in [0.25, 0.3) is 143 Å². The zero-order valence-electron chi connectivity index (χ0n) is 62.5. The zero-order valence-corrected chi connectivity index (χ0v) is 63.2. The number of hydrogen-bond acceptors (Lipinski definition) is 2. The van der Waals surface area contributed by atoms with Crippen molar-refractivity contribution in [2.24, 2.45) is 0 Å². The first kappa shape index (κ1) is 68.2. The maximum atomic E-state index is 6.39. The quantitative estimate of drug-likeness (QED) is 0.129. The number of rotatable bonds is 4. The molecule has 0 aromatic heterocycles. The highest BCUT2D eigenvalue weighted by Crippen LogP contribution is 2.56. The smallest absolute Gasteiger partial charge is 0.399 e. The maximum Gasteiger partial charge on any atom is 0.494 e. The van der Waals surface area contributed by atoms with Gasteiger partial charge >= 0.3 is 7.12 Å². The van der Waals surface area contributed by atoms with Gasteiger partial charge in [0.25, 0.3) is 0 Å². The van der Waals surface area contributed by atoms with E-state index in [-0.39, 0.29) is 47.4 Å². The third kappa shape index (κ3) is 10.6. The van der Waals surface area contributed by atoms with Crippen molar-refractivity contribution >= 4 is 88.8 Å². The summed E-state index contributed by atoms with van der Waals surface area (Å²) in [6.07, 6.45) is 0. The first-order valence-electron chi connectivity index (χ1n) is 37.7. The Bertz CT molecular complexity index is 6420. The van der Waals surface area contributed by atoms with Crippen LogP contribution in [0.5, 0.6) is 0 Å². The Morgan fingerprint density at radius 1 is 0.224 bits per heavy atom. The molecule has 5 aliphatic rings. The molecule has 0 N–H and O–H groups in total. The second-order valence-corrected chi connectivity index (χ2v) is 33.9. The molecule has 1 saturated heterocycles. The highest BCUT2D eigenvalue weighted by Gasteiger charge is 2.52. The lowest BCUT2D eigenvalue weighted by Gasteiger charge is -2.32. The lowest BCUT2D eigenvalue weighted by molar-refractivity contribution is 0.00578. The molecule has 0 radical (unpaired) electrons. The van der Waals surface area contributed by atoms with Gasteiger partial charge in [0, 0.05) is 26.7 Å². The van der Waals surface area contributed by atoms with Crippen molar-refractivity contribution in [3.63, 3.8) is 0 Å². The number of hydrogen-bond donors (Lipinski definition) is 0. The molecule has 21 rings (SSSR count). The predicted molar refractivity (Wildman–Crippen MR) is 458 cm³/mol. The molecule has 0 unspecified atom stereocenters. The van der Waals surface area contributed by atoms with Crippen LogP contribution in [0, 0.1) is 0 Å².